The van der Waals surface area contributed by atoms with E-state index in [1.807, 2.05) is 18.3 Å². The van der Waals surface area contributed by atoms with Crippen molar-refractivity contribution in [1.82, 2.24) is 10.3 Å². The quantitative estimate of drug-likeness (QED) is 0.590. The van der Waals surface area contributed by atoms with Crippen LogP contribution in [-0.2, 0) is 13.0 Å². The molecule has 5 heteroatoms. The topological polar surface area (TPSA) is 50.9 Å². The van der Waals surface area contributed by atoms with Crippen molar-refractivity contribution in [3.8, 4) is 11.1 Å². The summed E-state index contributed by atoms with van der Waals surface area (Å²) in [6.45, 7) is 1.51. The zero-order valence-corrected chi connectivity index (χ0v) is 15.0. The second kappa shape index (κ2) is 9.35. The van der Waals surface area contributed by atoms with Crippen molar-refractivity contribution in [2.45, 2.75) is 25.4 Å². The van der Waals surface area contributed by atoms with Crippen molar-refractivity contribution in [1.29, 1.82) is 0 Å². The summed E-state index contributed by atoms with van der Waals surface area (Å²) >= 11 is 0. The van der Waals surface area contributed by atoms with Crippen LogP contribution in [0.4, 0.5) is 8.78 Å². The molecule has 0 radical (unpaired) electrons. The first kappa shape index (κ1) is 19.1. The van der Waals surface area contributed by atoms with E-state index in [1.54, 1.807) is 12.3 Å². The minimum atomic E-state index is -0.830. The second-order valence-corrected chi connectivity index (χ2v) is 6.62. The maximum Gasteiger partial charge on any atom is 0.159 e. The summed E-state index contributed by atoms with van der Waals surface area (Å²) in [5, 5.41) is 3.37. The molecule has 3 rings (SSSR count). The van der Waals surface area contributed by atoms with Crippen LogP contribution in [0, 0.1) is 11.6 Å². The molecule has 27 heavy (non-hydrogen) atoms. The summed E-state index contributed by atoms with van der Waals surface area (Å²) in [5.41, 5.74) is 10.2. The van der Waals surface area contributed by atoms with Crippen LogP contribution in [0.3, 0.4) is 0 Å². The van der Waals surface area contributed by atoms with Crippen molar-refractivity contribution < 1.29 is 8.78 Å². The lowest BCUT2D eigenvalue weighted by Crippen LogP contribution is -2.28. The van der Waals surface area contributed by atoms with Gasteiger partial charge in [0.05, 0.1) is 0 Å². The van der Waals surface area contributed by atoms with Crippen LogP contribution in [0.1, 0.15) is 17.5 Å². The van der Waals surface area contributed by atoms with Crippen LogP contribution in [0.5, 0.6) is 0 Å². The zero-order chi connectivity index (χ0) is 19.1. The van der Waals surface area contributed by atoms with E-state index >= 15 is 0 Å². The molecule has 140 valence electrons. The Balaban J connectivity index is 1.41. The summed E-state index contributed by atoms with van der Waals surface area (Å²) in [5.74, 6) is -1.66. The molecule has 0 saturated heterocycles. The number of benzene rings is 2. The van der Waals surface area contributed by atoms with Crippen molar-refractivity contribution in [2.75, 3.05) is 6.54 Å². The maximum atomic E-state index is 13.2. The number of nitrogens with zero attached hydrogens (tertiary/aromatic N) is 1. The van der Waals surface area contributed by atoms with Crippen LogP contribution in [0.15, 0.2) is 67.0 Å². The zero-order valence-electron chi connectivity index (χ0n) is 15.0. The molecule has 2 aromatic carbocycles. The lowest BCUT2D eigenvalue weighted by molar-refractivity contribution is 0.504. The Bertz CT molecular complexity index is 851. The molecule has 0 aliphatic rings. The van der Waals surface area contributed by atoms with Gasteiger partial charge in [-0.3, -0.25) is 4.98 Å². The molecule has 3 N–H and O–H groups in total. The molecule has 1 aromatic heterocycles. The van der Waals surface area contributed by atoms with E-state index in [2.05, 4.69) is 34.6 Å². The predicted octanol–water partition coefficient (Wildman–Crippen LogP) is 4.08. The summed E-state index contributed by atoms with van der Waals surface area (Å²) in [6, 6.07) is 16.2. The molecule has 0 aliphatic carbocycles. The smallest absolute Gasteiger partial charge is 0.159 e. The highest BCUT2D eigenvalue weighted by Crippen LogP contribution is 2.18. The number of rotatable bonds is 8. The van der Waals surface area contributed by atoms with E-state index in [1.165, 1.54) is 11.6 Å². The Morgan fingerprint density at radius 2 is 1.70 bits per heavy atom. The summed E-state index contributed by atoms with van der Waals surface area (Å²) in [6.07, 6.45) is 4.89. The van der Waals surface area contributed by atoms with Crippen molar-refractivity contribution in [2.24, 2.45) is 5.73 Å². The number of hydrogen-bond donors (Lipinski definition) is 2. The maximum absolute atomic E-state index is 13.2. The molecule has 3 aromatic rings. The van der Waals surface area contributed by atoms with E-state index < -0.39 is 11.6 Å². The van der Waals surface area contributed by atoms with Gasteiger partial charge in [-0.05, 0) is 59.8 Å². The van der Waals surface area contributed by atoms with Gasteiger partial charge in [0.25, 0.3) is 0 Å². The third-order valence-electron chi connectivity index (χ3n) is 4.45. The lowest BCUT2D eigenvalue weighted by Gasteiger charge is -2.13. The molecular formula is C22H23F2N3. The first-order chi connectivity index (χ1) is 13.1. The van der Waals surface area contributed by atoms with E-state index in [0.29, 0.717) is 12.0 Å². The normalized spacial score (nSPS) is 12.1. The standard InChI is InChI=1S/C22H23F2N3/c23-21-8-5-17(13-22(21)24)12-20(25)9-11-27-14-16-3-6-18(7-4-16)19-2-1-10-26-15-19/h1-8,10,13,15,20,27H,9,11-12,14,25H2/t20-/m0/s1. The number of nitrogens with two attached hydrogens (primary N) is 1. The lowest BCUT2D eigenvalue weighted by atomic mass is 10.0. The van der Waals surface area contributed by atoms with E-state index in [-0.39, 0.29) is 6.04 Å². The largest absolute Gasteiger partial charge is 0.327 e. The van der Waals surface area contributed by atoms with Gasteiger partial charge < -0.3 is 11.1 Å². The van der Waals surface area contributed by atoms with Gasteiger partial charge in [-0.15, -0.1) is 0 Å². The van der Waals surface area contributed by atoms with Gasteiger partial charge in [-0.25, -0.2) is 8.78 Å². The summed E-state index contributed by atoms with van der Waals surface area (Å²) < 4.78 is 26.2. The Kier molecular flexibility index (Phi) is 6.63. The van der Waals surface area contributed by atoms with Gasteiger partial charge in [-0.2, -0.15) is 0 Å². The van der Waals surface area contributed by atoms with E-state index in [0.717, 1.165) is 36.7 Å². The van der Waals surface area contributed by atoms with Gasteiger partial charge in [0, 0.05) is 25.0 Å². The minimum Gasteiger partial charge on any atom is -0.327 e. The molecule has 0 unspecified atom stereocenters. The third kappa shape index (κ3) is 5.67. The molecule has 0 saturated carbocycles. The number of hydrogen-bond acceptors (Lipinski definition) is 3. The number of pyridine rings is 1. The van der Waals surface area contributed by atoms with Gasteiger partial charge in [0.15, 0.2) is 11.6 Å². The van der Waals surface area contributed by atoms with Crippen molar-refractivity contribution in [3.05, 3.63) is 89.8 Å². The molecule has 0 fully saturated rings. The Labute approximate surface area is 158 Å². The molecular weight excluding hydrogens is 344 g/mol. The molecule has 3 nitrogen and oxygen atoms in total. The highest BCUT2D eigenvalue weighted by Gasteiger charge is 2.07. The highest BCUT2D eigenvalue weighted by atomic mass is 19.2. The third-order valence-corrected chi connectivity index (χ3v) is 4.45. The van der Waals surface area contributed by atoms with Crippen LogP contribution in [0.25, 0.3) is 11.1 Å². The van der Waals surface area contributed by atoms with Gasteiger partial charge in [-0.1, -0.05) is 36.4 Å². The molecule has 0 aliphatic heterocycles. The Morgan fingerprint density at radius 3 is 2.41 bits per heavy atom. The number of halogens is 2. The van der Waals surface area contributed by atoms with Crippen molar-refractivity contribution >= 4 is 0 Å². The first-order valence-corrected chi connectivity index (χ1v) is 9.01. The highest BCUT2D eigenvalue weighted by molar-refractivity contribution is 5.62. The molecule has 1 heterocycles. The van der Waals surface area contributed by atoms with Crippen LogP contribution >= 0.6 is 0 Å². The fourth-order valence-electron chi connectivity index (χ4n) is 2.94. The van der Waals surface area contributed by atoms with Crippen LogP contribution < -0.4 is 11.1 Å². The Morgan fingerprint density at radius 1 is 0.926 bits per heavy atom. The second-order valence-electron chi connectivity index (χ2n) is 6.62. The molecule has 1 atom stereocenters. The average molecular weight is 367 g/mol. The summed E-state index contributed by atoms with van der Waals surface area (Å²) in [4.78, 5) is 4.14. The Hall–Kier alpha value is -2.63. The summed E-state index contributed by atoms with van der Waals surface area (Å²) in [7, 11) is 0. The fraction of sp³-hybridized carbons (Fsp3) is 0.227. The van der Waals surface area contributed by atoms with E-state index in [4.69, 9.17) is 5.73 Å². The predicted molar refractivity (Wildman–Crippen MR) is 104 cm³/mol. The molecule has 0 spiro atoms. The average Bonchev–Trinajstić information content (AvgIpc) is 2.69. The SMILES string of the molecule is N[C@@H](CCNCc1ccc(-c2cccnc2)cc1)Cc1ccc(F)c(F)c1. The van der Waals surface area contributed by atoms with E-state index in [9.17, 15) is 8.78 Å². The first-order valence-electron chi connectivity index (χ1n) is 9.01. The monoisotopic (exact) mass is 367 g/mol. The number of nitrogens with one attached hydrogen (secondary N) is 1. The number of aromatic nitrogens is 1. The van der Waals surface area contributed by atoms with Gasteiger partial charge in [0.1, 0.15) is 0 Å². The minimum absolute atomic E-state index is 0.102. The fourth-order valence-corrected chi connectivity index (χ4v) is 2.94. The van der Waals surface area contributed by atoms with Crippen LogP contribution in [-0.4, -0.2) is 17.6 Å². The van der Waals surface area contributed by atoms with Crippen LogP contribution in [0.2, 0.25) is 0 Å². The molecule has 0 bridgehead atoms. The van der Waals surface area contributed by atoms with Gasteiger partial charge in [0.2, 0.25) is 0 Å². The van der Waals surface area contributed by atoms with Gasteiger partial charge >= 0.3 is 0 Å². The molecule has 0 amide bonds. The van der Waals surface area contributed by atoms with Crippen molar-refractivity contribution in [3.63, 3.8) is 0 Å².